The summed E-state index contributed by atoms with van der Waals surface area (Å²) in [5.41, 5.74) is 0.682. The molecule has 2 heterocycles. The molecular formula is C18H22N4O4. The molecule has 8 nitrogen and oxygen atoms in total. The van der Waals surface area contributed by atoms with Crippen molar-refractivity contribution in [3.8, 4) is 17.2 Å². The number of likely N-dealkylation sites (N-methyl/N-ethyl adjacent to an activating group) is 1. The van der Waals surface area contributed by atoms with Crippen molar-refractivity contribution < 1.29 is 19.4 Å². The summed E-state index contributed by atoms with van der Waals surface area (Å²) in [6, 6.07) is 7.11. The van der Waals surface area contributed by atoms with E-state index >= 15 is 0 Å². The number of amides is 2. The van der Waals surface area contributed by atoms with Crippen LogP contribution >= 0.6 is 0 Å². The fourth-order valence-corrected chi connectivity index (χ4v) is 2.88. The van der Waals surface area contributed by atoms with Crippen molar-refractivity contribution in [2.24, 2.45) is 0 Å². The van der Waals surface area contributed by atoms with Crippen LogP contribution in [0.25, 0.3) is 5.69 Å². The van der Waals surface area contributed by atoms with Gasteiger partial charge < -0.3 is 19.6 Å². The third-order valence-electron chi connectivity index (χ3n) is 4.46. The first-order valence-electron chi connectivity index (χ1n) is 8.46. The number of hydrogen-bond acceptors (Lipinski definition) is 5. The van der Waals surface area contributed by atoms with E-state index in [2.05, 4.69) is 5.10 Å². The number of aromatic nitrogens is 2. The maximum Gasteiger partial charge on any atom is 0.278 e. The Morgan fingerprint density at radius 1 is 1.35 bits per heavy atom. The van der Waals surface area contributed by atoms with Gasteiger partial charge in [0.25, 0.3) is 5.91 Å². The van der Waals surface area contributed by atoms with Gasteiger partial charge in [0.2, 0.25) is 5.91 Å². The van der Waals surface area contributed by atoms with Crippen LogP contribution in [0.4, 0.5) is 0 Å². The van der Waals surface area contributed by atoms with Crippen molar-refractivity contribution >= 4 is 11.8 Å². The Kier molecular flexibility index (Phi) is 5.11. The van der Waals surface area contributed by atoms with Crippen LogP contribution in [-0.2, 0) is 4.79 Å². The van der Waals surface area contributed by atoms with E-state index in [0.29, 0.717) is 30.9 Å². The standard InChI is InChI=1S/C18H22N4O4/c1-20(10-11-21-9-3-4-16(21)24)18(25)17-15(23)12-22(19-17)13-5-7-14(26-2)8-6-13/h5-8,12,23H,3-4,9-11H2,1-2H3. The van der Waals surface area contributed by atoms with Crippen LogP contribution in [0.15, 0.2) is 30.5 Å². The van der Waals surface area contributed by atoms with Crippen molar-refractivity contribution in [1.29, 1.82) is 0 Å². The zero-order valence-corrected chi connectivity index (χ0v) is 14.9. The lowest BCUT2D eigenvalue weighted by molar-refractivity contribution is -0.127. The van der Waals surface area contributed by atoms with Gasteiger partial charge in [-0.25, -0.2) is 4.68 Å². The van der Waals surface area contributed by atoms with Gasteiger partial charge in [0.15, 0.2) is 11.4 Å². The Bertz CT molecular complexity index is 800. The average molecular weight is 358 g/mol. The van der Waals surface area contributed by atoms with Gasteiger partial charge in [-0.2, -0.15) is 5.10 Å². The third-order valence-corrected chi connectivity index (χ3v) is 4.46. The average Bonchev–Trinajstić information content (AvgIpc) is 3.24. The first kappa shape index (κ1) is 17.8. The molecular weight excluding hydrogens is 336 g/mol. The highest BCUT2D eigenvalue weighted by Crippen LogP contribution is 2.21. The summed E-state index contributed by atoms with van der Waals surface area (Å²) in [6.45, 7) is 1.61. The van der Waals surface area contributed by atoms with E-state index in [1.165, 1.54) is 15.8 Å². The molecule has 0 radical (unpaired) electrons. The lowest BCUT2D eigenvalue weighted by Crippen LogP contribution is -2.37. The van der Waals surface area contributed by atoms with E-state index in [-0.39, 0.29) is 23.3 Å². The van der Waals surface area contributed by atoms with Crippen molar-refractivity contribution in [3.63, 3.8) is 0 Å². The van der Waals surface area contributed by atoms with E-state index < -0.39 is 0 Å². The zero-order chi connectivity index (χ0) is 18.7. The third kappa shape index (κ3) is 3.63. The molecule has 1 N–H and O–H groups in total. The van der Waals surface area contributed by atoms with Gasteiger partial charge >= 0.3 is 0 Å². The second-order valence-electron chi connectivity index (χ2n) is 6.22. The number of ether oxygens (including phenoxy) is 1. The number of aromatic hydroxyl groups is 1. The monoisotopic (exact) mass is 358 g/mol. The van der Waals surface area contributed by atoms with Crippen LogP contribution in [0, 0.1) is 0 Å². The smallest absolute Gasteiger partial charge is 0.278 e. The predicted molar refractivity (Wildman–Crippen MR) is 94.6 cm³/mol. The molecule has 0 unspecified atom stereocenters. The molecule has 3 rings (SSSR count). The Hall–Kier alpha value is -3.03. The zero-order valence-electron chi connectivity index (χ0n) is 14.9. The molecule has 0 bridgehead atoms. The van der Waals surface area contributed by atoms with Gasteiger partial charge in [-0.1, -0.05) is 0 Å². The lowest BCUT2D eigenvalue weighted by atomic mass is 10.3. The summed E-state index contributed by atoms with van der Waals surface area (Å²) in [5.74, 6) is 0.256. The summed E-state index contributed by atoms with van der Waals surface area (Å²) in [6.07, 6.45) is 2.83. The van der Waals surface area contributed by atoms with Gasteiger partial charge in [-0.05, 0) is 30.7 Å². The molecule has 0 spiro atoms. The van der Waals surface area contributed by atoms with Crippen molar-refractivity contribution in [1.82, 2.24) is 19.6 Å². The minimum atomic E-state index is -0.388. The fraction of sp³-hybridized carbons (Fsp3) is 0.389. The van der Waals surface area contributed by atoms with E-state index in [1.54, 1.807) is 43.3 Å². The quantitative estimate of drug-likeness (QED) is 0.840. The van der Waals surface area contributed by atoms with E-state index in [4.69, 9.17) is 4.74 Å². The van der Waals surface area contributed by atoms with Crippen LogP contribution in [0.5, 0.6) is 11.5 Å². The number of rotatable bonds is 6. The second-order valence-corrected chi connectivity index (χ2v) is 6.22. The van der Waals surface area contributed by atoms with E-state index in [9.17, 15) is 14.7 Å². The van der Waals surface area contributed by atoms with Crippen LogP contribution in [-0.4, -0.2) is 70.3 Å². The molecule has 1 fully saturated rings. The van der Waals surface area contributed by atoms with E-state index in [1.807, 2.05) is 0 Å². The van der Waals surface area contributed by atoms with Crippen LogP contribution in [0.2, 0.25) is 0 Å². The number of methoxy groups -OCH3 is 1. The summed E-state index contributed by atoms with van der Waals surface area (Å²) in [4.78, 5) is 27.4. The maximum absolute atomic E-state index is 12.6. The fourth-order valence-electron chi connectivity index (χ4n) is 2.88. The van der Waals surface area contributed by atoms with E-state index in [0.717, 1.165) is 13.0 Å². The van der Waals surface area contributed by atoms with Crippen molar-refractivity contribution in [3.05, 3.63) is 36.2 Å². The minimum absolute atomic E-state index is 0.0175. The molecule has 26 heavy (non-hydrogen) atoms. The van der Waals surface area contributed by atoms with Gasteiger partial charge in [-0.15, -0.1) is 0 Å². The maximum atomic E-state index is 12.6. The highest BCUT2D eigenvalue weighted by atomic mass is 16.5. The largest absolute Gasteiger partial charge is 0.504 e. The van der Waals surface area contributed by atoms with Crippen molar-refractivity contribution in [2.45, 2.75) is 12.8 Å². The molecule has 1 aromatic heterocycles. The van der Waals surface area contributed by atoms with Crippen LogP contribution in [0.1, 0.15) is 23.3 Å². The number of benzene rings is 1. The normalized spacial score (nSPS) is 13.9. The molecule has 0 aliphatic carbocycles. The Balaban J connectivity index is 1.68. The van der Waals surface area contributed by atoms with Gasteiger partial charge in [0.05, 0.1) is 19.0 Å². The first-order valence-corrected chi connectivity index (χ1v) is 8.46. The molecule has 8 heteroatoms. The van der Waals surface area contributed by atoms with Crippen LogP contribution in [0.3, 0.4) is 0 Å². The molecule has 2 aromatic rings. The topological polar surface area (TPSA) is 87.9 Å². The minimum Gasteiger partial charge on any atom is -0.504 e. The number of hydrogen-bond donors (Lipinski definition) is 1. The molecule has 1 saturated heterocycles. The molecule has 0 saturated carbocycles. The Morgan fingerprint density at radius 3 is 2.69 bits per heavy atom. The number of carbonyl (C=O) groups excluding carboxylic acids is 2. The molecule has 1 aliphatic rings. The predicted octanol–water partition coefficient (Wildman–Crippen LogP) is 1.28. The van der Waals surface area contributed by atoms with Gasteiger partial charge in [-0.3, -0.25) is 9.59 Å². The molecule has 2 amide bonds. The summed E-state index contributed by atoms with van der Waals surface area (Å²) >= 11 is 0. The van der Waals surface area contributed by atoms with Crippen LogP contribution < -0.4 is 4.74 Å². The highest BCUT2D eigenvalue weighted by Gasteiger charge is 2.24. The molecule has 138 valence electrons. The second kappa shape index (κ2) is 7.47. The van der Waals surface area contributed by atoms with Gasteiger partial charge in [0, 0.05) is 33.1 Å². The number of nitrogens with zero attached hydrogens (tertiary/aromatic N) is 4. The first-order chi connectivity index (χ1) is 12.5. The summed E-state index contributed by atoms with van der Waals surface area (Å²) in [5, 5.41) is 14.3. The van der Waals surface area contributed by atoms with Crippen molar-refractivity contribution in [2.75, 3.05) is 33.8 Å². The summed E-state index contributed by atoms with van der Waals surface area (Å²) < 4.78 is 6.56. The number of carbonyl (C=O) groups is 2. The Morgan fingerprint density at radius 2 is 2.08 bits per heavy atom. The number of likely N-dealkylation sites (tertiary alicyclic amines) is 1. The SMILES string of the molecule is COc1ccc(-n2cc(O)c(C(=O)N(C)CCN3CCCC3=O)n2)cc1. The molecule has 1 aromatic carbocycles. The molecule has 0 atom stereocenters. The molecule has 1 aliphatic heterocycles. The lowest BCUT2D eigenvalue weighted by Gasteiger charge is -2.21. The highest BCUT2D eigenvalue weighted by molar-refractivity contribution is 5.94. The van der Waals surface area contributed by atoms with Gasteiger partial charge in [0.1, 0.15) is 5.75 Å². The summed E-state index contributed by atoms with van der Waals surface area (Å²) in [7, 11) is 3.21. The Labute approximate surface area is 151 Å².